The Hall–Kier alpha value is -2.63. The van der Waals surface area contributed by atoms with Gasteiger partial charge in [-0.3, -0.25) is 9.36 Å². The molecule has 6 nitrogen and oxygen atoms in total. The first-order valence-corrected chi connectivity index (χ1v) is 4.69. The Kier molecular flexibility index (Phi) is 2.61. The predicted octanol–water partition coefficient (Wildman–Crippen LogP) is 0.636. The topological polar surface area (TPSA) is 92.4 Å². The molecular formula is C11H8N2O4. The van der Waals surface area contributed by atoms with Crippen LogP contribution in [0.5, 0.6) is 5.75 Å². The van der Waals surface area contributed by atoms with E-state index in [1.54, 1.807) is 0 Å². The summed E-state index contributed by atoms with van der Waals surface area (Å²) in [6.45, 7) is 0. The second-order valence-electron chi connectivity index (χ2n) is 3.30. The predicted molar refractivity (Wildman–Crippen MR) is 58.5 cm³/mol. The minimum absolute atomic E-state index is 0.0370. The van der Waals surface area contributed by atoms with Crippen molar-refractivity contribution in [3.8, 4) is 11.6 Å². The molecule has 2 heterocycles. The minimum atomic E-state index is -1.10. The fraction of sp³-hybridized carbons (Fsp3) is 0. The number of hydrogen-bond donors (Lipinski definition) is 2. The lowest BCUT2D eigenvalue weighted by atomic mass is 10.2. The Balaban J connectivity index is 2.57. The summed E-state index contributed by atoms with van der Waals surface area (Å²) in [5, 5.41) is 17.9. The van der Waals surface area contributed by atoms with Crippen molar-refractivity contribution < 1.29 is 15.0 Å². The van der Waals surface area contributed by atoms with Gasteiger partial charge in [0.05, 0.1) is 5.56 Å². The van der Waals surface area contributed by atoms with Crippen LogP contribution >= 0.6 is 0 Å². The Morgan fingerprint density at radius 3 is 2.71 bits per heavy atom. The number of rotatable bonds is 2. The number of carboxylic acids is 1. The van der Waals surface area contributed by atoms with Gasteiger partial charge in [0.25, 0.3) is 5.56 Å². The second kappa shape index (κ2) is 4.09. The van der Waals surface area contributed by atoms with Crippen molar-refractivity contribution in [1.29, 1.82) is 0 Å². The molecule has 2 aromatic rings. The third-order valence-electron chi connectivity index (χ3n) is 2.14. The van der Waals surface area contributed by atoms with Gasteiger partial charge in [-0.05, 0) is 18.2 Å². The summed E-state index contributed by atoms with van der Waals surface area (Å²) in [5.74, 6) is -1.06. The van der Waals surface area contributed by atoms with Crippen LogP contribution in [0, 0.1) is 0 Å². The number of aromatic hydroxyl groups is 1. The normalized spacial score (nSPS) is 10.1. The molecule has 0 aliphatic rings. The van der Waals surface area contributed by atoms with Crippen LogP contribution in [0.1, 0.15) is 10.4 Å². The van der Waals surface area contributed by atoms with Gasteiger partial charge in [-0.2, -0.15) is 0 Å². The van der Waals surface area contributed by atoms with E-state index < -0.39 is 11.5 Å². The number of pyridine rings is 2. The van der Waals surface area contributed by atoms with E-state index in [2.05, 4.69) is 4.98 Å². The highest BCUT2D eigenvalue weighted by molar-refractivity contribution is 5.87. The number of nitrogens with zero attached hydrogens (tertiary/aromatic N) is 2. The zero-order valence-corrected chi connectivity index (χ0v) is 8.57. The molecule has 0 spiro atoms. The van der Waals surface area contributed by atoms with Crippen molar-refractivity contribution in [1.82, 2.24) is 9.55 Å². The fourth-order valence-electron chi connectivity index (χ4n) is 1.34. The Bertz CT molecular complexity index is 633. The molecule has 17 heavy (non-hydrogen) atoms. The van der Waals surface area contributed by atoms with E-state index >= 15 is 0 Å². The highest BCUT2D eigenvalue weighted by Gasteiger charge is 2.06. The molecule has 2 N–H and O–H groups in total. The molecule has 0 aromatic carbocycles. The lowest BCUT2D eigenvalue weighted by molar-refractivity contribution is 0.0696. The SMILES string of the molecule is O=C(O)c1ccnc(-n2ccc(O)cc2=O)c1. The summed E-state index contributed by atoms with van der Waals surface area (Å²) >= 11 is 0. The summed E-state index contributed by atoms with van der Waals surface area (Å²) in [6.07, 6.45) is 2.63. The van der Waals surface area contributed by atoms with Gasteiger partial charge in [-0.15, -0.1) is 0 Å². The molecule has 0 saturated carbocycles. The average molecular weight is 232 g/mol. The van der Waals surface area contributed by atoms with Crippen LogP contribution in [0.3, 0.4) is 0 Å². The summed E-state index contributed by atoms with van der Waals surface area (Å²) in [4.78, 5) is 26.2. The highest BCUT2D eigenvalue weighted by Crippen LogP contribution is 2.08. The summed E-state index contributed by atoms with van der Waals surface area (Å²) < 4.78 is 1.14. The average Bonchev–Trinajstić information content (AvgIpc) is 2.29. The molecular weight excluding hydrogens is 224 g/mol. The van der Waals surface area contributed by atoms with Gasteiger partial charge in [-0.25, -0.2) is 9.78 Å². The van der Waals surface area contributed by atoms with Crippen molar-refractivity contribution in [2.24, 2.45) is 0 Å². The maximum Gasteiger partial charge on any atom is 0.335 e. The largest absolute Gasteiger partial charge is 0.508 e. The van der Waals surface area contributed by atoms with Gasteiger partial charge in [0.15, 0.2) is 0 Å². The van der Waals surface area contributed by atoms with E-state index in [-0.39, 0.29) is 17.1 Å². The van der Waals surface area contributed by atoms with Gasteiger partial charge < -0.3 is 10.2 Å². The van der Waals surface area contributed by atoms with E-state index in [0.29, 0.717) is 0 Å². The number of aromatic carboxylic acids is 1. The van der Waals surface area contributed by atoms with Crippen LogP contribution in [0.2, 0.25) is 0 Å². The molecule has 0 fully saturated rings. The zero-order valence-electron chi connectivity index (χ0n) is 8.57. The van der Waals surface area contributed by atoms with E-state index in [1.807, 2.05) is 0 Å². The molecule has 0 radical (unpaired) electrons. The van der Waals surface area contributed by atoms with Crippen LogP contribution in [0.4, 0.5) is 0 Å². The van der Waals surface area contributed by atoms with Gasteiger partial charge in [0, 0.05) is 18.5 Å². The molecule has 0 aliphatic heterocycles. The van der Waals surface area contributed by atoms with Crippen LogP contribution < -0.4 is 5.56 Å². The summed E-state index contributed by atoms with van der Waals surface area (Å²) in [5.41, 5.74) is -0.449. The molecule has 0 bridgehead atoms. The van der Waals surface area contributed by atoms with E-state index in [0.717, 1.165) is 10.6 Å². The van der Waals surface area contributed by atoms with Crippen molar-refractivity contribution in [3.05, 3.63) is 52.6 Å². The van der Waals surface area contributed by atoms with Gasteiger partial charge in [0.1, 0.15) is 11.6 Å². The quantitative estimate of drug-likeness (QED) is 0.792. The number of carbonyl (C=O) groups is 1. The smallest absolute Gasteiger partial charge is 0.335 e. The Labute approximate surface area is 95.4 Å². The second-order valence-corrected chi connectivity index (χ2v) is 3.30. The van der Waals surface area contributed by atoms with Crippen molar-refractivity contribution >= 4 is 5.97 Å². The molecule has 2 rings (SSSR count). The minimum Gasteiger partial charge on any atom is -0.508 e. The maximum absolute atomic E-state index is 11.5. The molecule has 0 aliphatic carbocycles. The zero-order chi connectivity index (χ0) is 12.4. The number of aromatic nitrogens is 2. The van der Waals surface area contributed by atoms with Crippen LogP contribution in [-0.2, 0) is 0 Å². The first kappa shape index (κ1) is 10.9. The van der Waals surface area contributed by atoms with Gasteiger partial charge in [-0.1, -0.05) is 0 Å². The molecule has 0 unspecified atom stereocenters. The van der Waals surface area contributed by atoms with Crippen LogP contribution in [0.25, 0.3) is 5.82 Å². The number of carboxylic acid groups (broad SMARTS) is 1. The van der Waals surface area contributed by atoms with E-state index in [4.69, 9.17) is 10.2 Å². The Morgan fingerprint density at radius 2 is 2.06 bits per heavy atom. The third kappa shape index (κ3) is 2.15. The van der Waals surface area contributed by atoms with Gasteiger partial charge >= 0.3 is 5.97 Å². The molecule has 6 heteroatoms. The Morgan fingerprint density at radius 1 is 1.29 bits per heavy atom. The monoisotopic (exact) mass is 232 g/mol. The van der Waals surface area contributed by atoms with Crippen LogP contribution in [-0.4, -0.2) is 25.7 Å². The van der Waals surface area contributed by atoms with Gasteiger partial charge in [0.2, 0.25) is 0 Å². The van der Waals surface area contributed by atoms with Crippen molar-refractivity contribution in [2.45, 2.75) is 0 Å². The molecule has 0 atom stereocenters. The van der Waals surface area contributed by atoms with E-state index in [9.17, 15) is 9.59 Å². The fourth-order valence-corrected chi connectivity index (χ4v) is 1.34. The van der Waals surface area contributed by atoms with E-state index in [1.165, 1.54) is 30.6 Å². The lowest BCUT2D eigenvalue weighted by Crippen LogP contribution is -2.17. The highest BCUT2D eigenvalue weighted by atomic mass is 16.4. The third-order valence-corrected chi connectivity index (χ3v) is 2.14. The summed E-state index contributed by atoms with van der Waals surface area (Å²) in [7, 11) is 0. The van der Waals surface area contributed by atoms with Crippen molar-refractivity contribution in [3.63, 3.8) is 0 Å². The molecule has 2 aromatic heterocycles. The standard InChI is InChI=1S/C11H8N2O4/c14-8-2-4-13(10(15)6-8)9-5-7(11(16)17)1-3-12-9/h1-6,14H,(H,16,17). The van der Waals surface area contributed by atoms with Crippen molar-refractivity contribution in [2.75, 3.05) is 0 Å². The number of hydrogen-bond acceptors (Lipinski definition) is 4. The maximum atomic E-state index is 11.5. The first-order chi connectivity index (χ1) is 8.08. The molecule has 0 saturated heterocycles. The lowest BCUT2D eigenvalue weighted by Gasteiger charge is -2.04. The van der Waals surface area contributed by atoms with Crippen LogP contribution in [0.15, 0.2) is 41.5 Å². The first-order valence-electron chi connectivity index (χ1n) is 4.69. The summed E-state index contributed by atoms with van der Waals surface area (Å²) in [6, 6.07) is 4.95. The molecule has 86 valence electrons. The molecule has 0 amide bonds.